The Kier molecular flexibility index (Phi) is 7.93. The van der Waals surface area contributed by atoms with Gasteiger partial charge >= 0.3 is 0 Å². The monoisotopic (exact) mass is 502 g/mol. The lowest BCUT2D eigenvalue weighted by Crippen LogP contribution is -2.61. The molecule has 3 heterocycles. The zero-order valence-corrected chi connectivity index (χ0v) is 20.9. The van der Waals surface area contributed by atoms with Crippen molar-refractivity contribution in [1.82, 2.24) is 0 Å². The Labute approximate surface area is 218 Å². The molecule has 3 aliphatic heterocycles. The molecular weight excluding hydrogens is 468 g/mol. The minimum atomic E-state index is -0.351. The van der Waals surface area contributed by atoms with Gasteiger partial charge in [-0.2, -0.15) is 0 Å². The third-order valence-electron chi connectivity index (χ3n) is 7.30. The van der Waals surface area contributed by atoms with Crippen molar-refractivity contribution in [3.8, 4) is 0 Å². The van der Waals surface area contributed by atoms with Crippen LogP contribution in [0.3, 0.4) is 0 Å². The Morgan fingerprint density at radius 2 is 1.16 bits per heavy atom. The number of ether oxygens (including phenoxy) is 6. The molecule has 3 fully saturated rings. The van der Waals surface area contributed by atoms with Crippen molar-refractivity contribution < 1.29 is 28.4 Å². The first-order chi connectivity index (χ1) is 18.3. The van der Waals surface area contributed by atoms with Crippen LogP contribution in [-0.2, 0) is 48.2 Å². The summed E-state index contributed by atoms with van der Waals surface area (Å²) in [5.74, 6) is 0. The maximum atomic E-state index is 6.65. The topological polar surface area (TPSA) is 58.7 Å². The van der Waals surface area contributed by atoms with E-state index in [-0.39, 0.29) is 42.7 Å². The average molecular weight is 503 g/mol. The van der Waals surface area contributed by atoms with Crippen molar-refractivity contribution >= 4 is 0 Å². The molecule has 0 radical (unpaired) electrons. The molecule has 0 N–H and O–H groups in total. The largest absolute Gasteiger partial charge is 0.374 e. The van der Waals surface area contributed by atoms with Crippen LogP contribution in [0.2, 0.25) is 0 Å². The summed E-state index contributed by atoms with van der Waals surface area (Å²) in [5.41, 5.74) is 3.35. The van der Waals surface area contributed by atoms with E-state index in [1.165, 1.54) is 0 Å². The molecule has 3 saturated heterocycles. The summed E-state index contributed by atoms with van der Waals surface area (Å²) in [6.07, 6.45) is -0.180. The van der Waals surface area contributed by atoms with Gasteiger partial charge < -0.3 is 28.4 Å². The molecule has 0 amide bonds. The van der Waals surface area contributed by atoms with Crippen LogP contribution in [0.25, 0.3) is 0 Å². The summed E-state index contributed by atoms with van der Waals surface area (Å²) in [6, 6.07) is 30.6. The predicted octanol–water partition coefficient (Wildman–Crippen LogP) is 4.70. The van der Waals surface area contributed by atoms with Gasteiger partial charge in [0.25, 0.3) is 0 Å². The number of rotatable bonds is 10. The predicted molar refractivity (Wildman–Crippen MR) is 138 cm³/mol. The van der Waals surface area contributed by atoms with Crippen LogP contribution in [-0.4, -0.2) is 55.9 Å². The van der Waals surface area contributed by atoms with E-state index in [0.717, 1.165) is 23.1 Å². The van der Waals surface area contributed by atoms with Crippen LogP contribution >= 0.6 is 0 Å². The molecule has 0 aromatic heterocycles. The fourth-order valence-corrected chi connectivity index (χ4v) is 5.28. The van der Waals surface area contributed by atoms with E-state index in [2.05, 4.69) is 36.4 Å². The highest BCUT2D eigenvalue weighted by atomic mass is 16.7. The molecule has 0 spiro atoms. The van der Waals surface area contributed by atoms with Gasteiger partial charge in [-0.1, -0.05) is 91.0 Å². The summed E-state index contributed by atoms with van der Waals surface area (Å²) in [4.78, 5) is 0. The first kappa shape index (κ1) is 24.7. The molecular formula is C31H34O6. The molecule has 7 atom stereocenters. The summed E-state index contributed by atoms with van der Waals surface area (Å²) >= 11 is 0. The highest BCUT2D eigenvalue weighted by Crippen LogP contribution is 2.39. The van der Waals surface area contributed by atoms with Gasteiger partial charge in [0.1, 0.15) is 30.5 Å². The van der Waals surface area contributed by atoms with Gasteiger partial charge in [-0.05, 0) is 16.7 Å². The van der Waals surface area contributed by atoms with E-state index < -0.39 is 0 Å². The maximum absolute atomic E-state index is 6.65. The number of fused-ring (bicyclic) bond motifs is 2. The quantitative estimate of drug-likeness (QED) is 0.375. The van der Waals surface area contributed by atoms with Crippen molar-refractivity contribution in [3.63, 3.8) is 0 Å². The number of epoxide rings is 1. The van der Waals surface area contributed by atoms with E-state index in [0.29, 0.717) is 33.0 Å². The normalized spacial score (nSPS) is 30.6. The van der Waals surface area contributed by atoms with Crippen LogP contribution in [0, 0.1) is 0 Å². The SMILES string of the molecule is c1ccc(COC[C@H]2O[C@H]3C[C@H]4O[C@H]4CO[C@@H]3[C@@H](OCc3ccccc3)[C@@H]2OCc2ccccc2)cc1. The number of benzene rings is 3. The third kappa shape index (κ3) is 6.29. The van der Waals surface area contributed by atoms with Gasteiger partial charge in [0, 0.05) is 6.42 Å². The summed E-state index contributed by atoms with van der Waals surface area (Å²) < 4.78 is 38.1. The third-order valence-corrected chi connectivity index (χ3v) is 7.30. The zero-order chi connectivity index (χ0) is 24.9. The molecule has 194 valence electrons. The second-order valence-corrected chi connectivity index (χ2v) is 9.98. The Balaban J connectivity index is 1.22. The minimum Gasteiger partial charge on any atom is -0.374 e. The van der Waals surface area contributed by atoms with E-state index >= 15 is 0 Å². The van der Waals surface area contributed by atoms with Crippen molar-refractivity contribution in [2.24, 2.45) is 0 Å². The van der Waals surface area contributed by atoms with Crippen LogP contribution in [0.15, 0.2) is 91.0 Å². The lowest BCUT2D eigenvalue weighted by Gasteiger charge is -2.46. The molecule has 6 rings (SSSR count). The minimum absolute atomic E-state index is 0.139. The number of hydrogen-bond donors (Lipinski definition) is 0. The molecule has 6 nitrogen and oxygen atoms in total. The van der Waals surface area contributed by atoms with Crippen LogP contribution in [0.1, 0.15) is 23.1 Å². The smallest absolute Gasteiger partial charge is 0.115 e. The highest BCUT2D eigenvalue weighted by molar-refractivity contribution is 5.15. The second kappa shape index (κ2) is 11.9. The van der Waals surface area contributed by atoms with Gasteiger partial charge in [0.2, 0.25) is 0 Å². The molecule has 3 aliphatic rings. The van der Waals surface area contributed by atoms with Gasteiger partial charge in [-0.3, -0.25) is 0 Å². The lowest BCUT2D eigenvalue weighted by molar-refractivity contribution is -0.271. The van der Waals surface area contributed by atoms with Crippen LogP contribution in [0.4, 0.5) is 0 Å². The lowest BCUT2D eigenvalue weighted by atomic mass is 9.92. The van der Waals surface area contributed by atoms with Crippen molar-refractivity contribution in [1.29, 1.82) is 0 Å². The fourth-order valence-electron chi connectivity index (χ4n) is 5.28. The molecule has 0 unspecified atom stereocenters. The van der Waals surface area contributed by atoms with E-state index in [1.807, 2.05) is 54.6 Å². The molecule has 0 aliphatic carbocycles. The molecule has 37 heavy (non-hydrogen) atoms. The maximum Gasteiger partial charge on any atom is 0.115 e. The van der Waals surface area contributed by atoms with Gasteiger partial charge in [-0.25, -0.2) is 0 Å². The first-order valence-electron chi connectivity index (χ1n) is 13.2. The molecule has 0 saturated carbocycles. The standard InChI is InChI=1S/C31H34O6/c1-4-10-22(11-5-1)17-32-20-28-30(33-18-23-12-6-2-7-13-23)31(34-19-24-14-8-3-9-15-24)29-26(37-28)16-25-27(36-25)21-35-29/h1-15,25-31H,16-21H2/t25-,26+,27+,28-,29+,30-,31-/m1/s1. The van der Waals surface area contributed by atoms with Crippen molar-refractivity contribution in [2.45, 2.75) is 69.0 Å². The van der Waals surface area contributed by atoms with Crippen LogP contribution in [0.5, 0.6) is 0 Å². The summed E-state index contributed by atoms with van der Waals surface area (Å²) in [6.45, 7) is 2.41. The van der Waals surface area contributed by atoms with Gasteiger partial charge in [0.05, 0.1) is 45.2 Å². The van der Waals surface area contributed by atoms with Crippen molar-refractivity contribution in [2.75, 3.05) is 13.2 Å². The second-order valence-electron chi connectivity index (χ2n) is 9.98. The summed E-state index contributed by atoms with van der Waals surface area (Å²) in [7, 11) is 0. The molecule has 6 heteroatoms. The van der Waals surface area contributed by atoms with Crippen LogP contribution < -0.4 is 0 Å². The Hall–Kier alpha value is -2.58. The zero-order valence-electron chi connectivity index (χ0n) is 20.9. The molecule has 3 aromatic carbocycles. The van der Waals surface area contributed by atoms with E-state index in [4.69, 9.17) is 28.4 Å². The number of hydrogen-bond acceptors (Lipinski definition) is 6. The van der Waals surface area contributed by atoms with Gasteiger partial charge in [-0.15, -0.1) is 0 Å². The van der Waals surface area contributed by atoms with Gasteiger partial charge in [0.15, 0.2) is 0 Å². The van der Waals surface area contributed by atoms with Crippen molar-refractivity contribution in [3.05, 3.63) is 108 Å². The fraction of sp³-hybridized carbons (Fsp3) is 0.419. The highest BCUT2D eigenvalue weighted by Gasteiger charge is 2.54. The van der Waals surface area contributed by atoms with E-state index in [1.54, 1.807) is 0 Å². The summed E-state index contributed by atoms with van der Waals surface area (Å²) in [5, 5.41) is 0. The Morgan fingerprint density at radius 1 is 0.595 bits per heavy atom. The molecule has 3 aromatic rings. The Morgan fingerprint density at radius 3 is 1.78 bits per heavy atom. The first-order valence-corrected chi connectivity index (χ1v) is 13.2. The molecule has 0 bridgehead atoms. The average Bonchev–Trinajstić information content (AvgIpc) is 3.71. The Bertz CT molecular complexity index is 1090. The van der Waals surface area contributed by atoms with E-state index in [9.17, 15) is 0 Å².